The lowest BCUT2D eigenvalue weighted by molar-refractivity contribution is 0.126. The zero-order chi connectivity index (χ0) is 12.8. The summed E-state index contributed by atoms with van der Waals surface area (Å²) in [4.78, 5) is 0. The van der Waals surface area contributed by atoms with E-state index in [9.17, 15) is 0 Å². The fourth-order valence-corrected chi connectivity index (χ4v) is 3.75. The number of piperidine rings is 1. The molecule has 3 rings (SSSR count). The van der Waals surface area contributed by atoms with Crippen molar-refractivity contribution < 1.29 is 4.74 Å². The molecule has 1 aliphatic carbocycles. The van der Waals surface area contributed by atoms with Gasteiger partial charge in [0.1, 0.15) is 0 Å². The van der Waals surface area contributed by atoms with Gasteiger partial charge in [-0.25, -0.2) is 0 Å². The van der Waals surface area contributed by atoms with Gasteiger partial charge in [0.25, 0.3) is 0 Å². The van der Waals surface area contributed by atoms with Crippen molar-refractivity contribution in [3.05, 3.63) is 33.8 Å². The lowest BCUT2D eigenvalue weighted by Crippen LogP contribution is -2.25. The quantitative estimate of drug-likeness (QED) is 0.918. The molecular formula is C14H17Cl2NO. The van der Waals surface area contributed by atoms with Gasteiger partial charge in [0.2, 0.25) is 0 Å². The van der Waals surface area contributed by atoms with Crippen molar-refractivity contribution >= 4 is 23.2 Å². The number of rotatable bonds is 4. The van der Waals surface area contributed by atoms with E-state index in [0.717, 1.165) is 26.3 Å². The molecule has 1 aromatic carbocycles. The molecule has 0 bridgehead atoms. The van der Waals surface area contributed by atoms with Crippen LogP contribution in [0.25, 0.3) is 0 Å². The Kier molecular flexibility index (Phi) is 3.31. The first-order valence-electron chi connectivity index (χ1n) is 6.44. The molecule has 0 amide bonds. The molecule has 4 heteroatoms. The minimum Gasteiger partial charge on any atom is -0.381 e. The summed E-state index contributed by atoms with van der Waals surface area (Å²) in [6.07, 6.45) is 0. The highest BCUT2D eigenvalue weighted by atomic mass is 35.5. The Morgan fingerprint density at radius 1 is 1.39 bits per heavy atom. The topological polar surface area (TPSA) is 21.3 Å². The fourth-order valence-electron chi connectivity index (χ4n) is 3.45. The van der Waals surface area contributed by atoms with Gasteiger partial charge < -0.3 is 10.1 Å². The Bertz CT molecular complexity index is 465. The zero-order valence-electron chi connectivity index (χ0n) is 10.4. The van der Waals surface area contributed by atoms with Crippen molar-refractivity contribution in [3.8, 4) is 0 Å². The van der Waals surface area contributed by atoms with Crippen LogP contribution < -0.4 is 5.32 Å². The third-order valence-electron chi connectivity index (χ3n) is 4.44. The molecule has 1 N–H and O–H groups in total. The molecule has 98 valence electrons. The van der Waals surface area contributed by atoms with E-state index in [1.54, 1.807) is 0 Å². The van der Waals surface area contributed by atoms with E-state index in [1.807, 2.05) is 19.1 Å². The summed E-state index contributed by atoms with van der Waals surface area (Å²) >= 11 is 12.1. The van der Waals surface area contributed by atoms with Crippen molar-refractivity contribution in [2.75, 3.05) is 26.3 Å². The second-order valence-corrected chi connectivity index (χ2v) is 5.99. The second kappa shape index (κ2) is 4.68. The molecule has 2 aliphatic rings. The van der Waals surface area contributed by atoms with Crippen LogP contribution in [0.15, 0.2) is 18.2 Å². The van der Waals surface area contributed by atoms with Crippen molar-refractivity contribution in [3.63, 3.8) is 0 Å². The number of fused-ring (bicyclic) bond motifs is 1. The number of hydrogen-bond donors (Lipinski definition) is 1. The van der Waals surface area contributed by atoms with Gasteiger partial charge >= 0.3 is 0 Å². The number of benzene rings is 1. The SMILES string of the molecule is CCOCC1C2CNCC21c1ccc(Cl)c(Cl)c1. The average molecular weight is 286 g/mol. The first-order chi connectivity index (χ1) is 8.70. The fraction of sp³-hybridized carbons (Fsp3) is 0.571. The molecule has 0 spiro atoms. The van der Waals surface area contributed by atoms with Gasteiger partial charge in [0.05, 0.1) is 16.7 Å². The maximum Gasteiger partial charge on any atom is 0.0595 e. The van der Waals surface area contributed by atoms with Crippen LogP contribution in [0.4, 0.5) is 0 Å². The van der Waals surface area contributed by atoms with E-state index in [0.29, 0.717) is 21.9 Å². The third-order valence-corrected chi connectivity index (χ3v) is 5.18. The summed E-state index contributed by atoms with van der Waals surface area (Å²) < 4.78 is 5.61. The molecule has 3 unspecified atom stereocenters. The molecule has 1 aromatic rings. The largest absolute Gasteiger partial charge is 0.381 e. The molecule has 2 nitrogen and oxygen atoms in total. The minimum absolute atomic E-state index is 0.226. The highest BCUT2D eigenvalue weighted by Gasteiger charge is 2.67. The standard InChI is InChI=1S/C14H17Cl2NO/c1-2-18-7-11-10-6-17-8-14(10,11)9-3-4-12(15)13(16)5-9/h3-5,10-11,17H,2,6-8H2,1H3. The Morgan fingerprint density at radius 2 is 2.22 bits per heavy atom. The lowest BCUT2D eigenvalue weighted by Gasteiger charge is -2.16. The predicted molar refractivity (Wildman–Crippen MR) is 74.5 cm³/mol. The molecule has 1 aliphatic heterocycles. The van der Waals surface area contributed by atoms with Gasteiger partial charge in [-0.05, 0) is 43.0 Å². The molecule has 3 atom stereocenters. The highest BCUT2D eigenvalue weighted by Crippen LogP contribution is 2.62. The third kappa shape index (κ3) is 1.78. The maximum atomic E-state index is 6.14. The Balaban J connectivity index is 1.87. The molecule has 2 fully saturated rings. The van der Waals surface area contributed by atoms with Crippen molar-refractivity contribution in [2.45, 2.75) is 12.3 Å². The Morgan fingerprint density at radius 3 is 2.94 bits per heavy atom. The van der Waals surface area contributed by atoms with Gasteiger partial charge in [-0.2, -0.15) is 0 Å². The van der Waals surface area contributed by atoms with Crippen molar-refractivity contribution in [2.24, 2.45) is 11.8 Å². The molecule has 0 radical (unpaired) electrons. The van der Waals surface area contributed by atoms with Crippen LogP contribution in [0.2, 0.25) is 10.0 Å². The lowest BCUT2D eigenvalue weighted by atomic mass is 9.93. The van der Waals surface area contributed by atoms with Crippen molar-refractivity contribution in [1.29, 1.82) is 0 Å². The van der Waals surface area contributed by atoms with Crippen LogP contribution in [0.3, 0.4) is 0 Å². The summed E-state index contributed by atoms with van der Waals surface area (Å²) in [6.45, 7) is 5.78. The highest BCUT2D eigenvalue weighted by molar-refractivity contribution is 6.42. The normalized spacial score (nSPS) is 33.5. The first kappa shape index (κ1) is 12.7. The van der Waals surface area contributed by atoms with Gasteiger partial charge in [0, 0.05) is 18.6 Å². The predicted octanol–water partition coefficient (Wildman–Crippen LogP) is 3.12. The van der Waals surface area contributed by atoms with Gasteiger partial charge in [0.15, 0.2) is 0 Å². The Hall–Kier alpha value is -0.280. The second-order valence-electron chi connectivity index (χ2n) is 5.17. The van der Waals surface area contributed by atoms with E-state index < -0.39 is 0 Å². The van der Waals surface area contributed by atoms with E-state index in [-0.39, 0.29) is 5.41 Å². The molecular weight excluding hydrogens is 269 g/mol. The van der Waals surface area contributed by atoms with Crippen LogP contribution in [-0.4, -0.2) is 26.3 Å². The van der Waals surface area contributed by atoms with Gasteiger partial charge in [-0.3, -0.25) is 0 Å². The van der Waals surface area contributed by atoms with E-state index >= 15 is 0 Å². The number of nitrogens with one attached hydrogen (secondary N) is 1. The number of hydrogen-bond acceptors (Lipinski definition) is 2. The van der Waals surface area contributed by atoms with Crippen molar-refractivity contribution in [1.82, 2.24) is 5.32 Å². The van der Waals surface area contributed by atoms with Crippen LogP contribution in [-0.2, 0) is 10.2 Å². The minimum atomic E-state index is 0.226. The van der Waals surface area contributed by atoms with Crippen LogP contribution in [0, 0.1) is 11.8 Å². The molecule has 18 heavy (non-hydrogen) atoms. The van der Waals surface area contributed by atoms with Gasteiger partial charge in [-0.1, -0.05) is 29.3 Å². The molecule has 1 heterocycles. The number of halogens is 2. The molecule has 0 aromatic heterocycles. The average Bonchev–Trinajstić information content (AvgIpc) is 2.77. The molecule has 1 saturated carbocycles. The summed E-state index contributed by atoms with van der Waals surface area (Å²) in [5, 5.41) is 4.75. The van der Waals surface area contributed by atoms with Gasteiger partial charge in [-0.15, -0.1) is 0 Å². The summed E-state index contributed by atoms with van der Waals surface area (Å²) in [6, 6.07) is 6.04. The van der Waals surface area contributed by atoms with E-state index in [1.165, 1.54) is 5.56 Å². The monoisotopic (exact) mass is 285 g/mol. The zero-order valence-corrected chi connectivity index (χ0v) is 11.9. The molecule has 1 saturated heterocycles. The number of ether oxygens (including phenoxy) is 1. The van der Waals surface area contributed by atoms with Crippen LogP contribution >= 0.6 is 23.2 Å². The van der Waals surface area contributed by atoms with Crippen LogP contribution in [0.1, 0.15) is 12.5 Å². The summed E-state index contributed by atoms with van der Waals surface area (Å²) in [5.74, 6) is 1.30. The summed E-state index contributed by atoms with van der Waals surface area (Å²) in [5.41, 5.74) is 1.53. The Labute approximate surface area is 118 Å². The van der Waals surface area contributed by atoms with E-state index in [2.05, 4.69) is 11.4 Å². The summed E-state index contributed by atoms with van der Waals surface area (Å²) in [7, 11) is 0. The maximum absolute atomic E-state index is 6.14. The van der Waals surface area contributed by atoms with Crippen LogP contribution in [0.5, 0.6) is 0 Å². The first-order valence-corrected chi connectivity index (χ1v) is 7.19. The smallest absolute Gasteiger partial charge is 0.0595 e. The van der Waals surface area contributed by atoms with E-state index in [4.69, 9.17) is 27.9 Å².